The van der Waals surface area contributed by atoms with Gasteiger partial charge in [-0.2, -0.15) is 4.57 Å². The third-order valence-corrected chi connectivity index (χ3v) is 4.96. The Labute approximate surface area is 178 Å². The number of carbonyl (C=O) groups excluding carboxylic acids is 1. The van der Waals surface area contributed by atoms with Crippen LogP contribution in [0.1, 0.15) is 35.4 Å². The van der Waals surface area contributed by atoms with Crippen molar-refractivity contribution in [1.82, 2.24) is 14.8 Å². The van der Waals surface area contributed by atoms with E-state index in [1.807, 2.05) is 24.5 Å². The summed E-state index contributed by atoms with van der Waals surface area (Å²) < 4.78 is 3.94. The molecule has 0 N–H and O–H groups in total. The third kappa shape index (κ3) is 4.56. The molecule has 0 radical (unpaired) electrons. The highest BCUT2D eigenvalue weighted by molar-refractivity contribution is 5.95. The molecule has 0 saturated carbocycles. The highest BCUT2D eigenvalue weighted by Crippen LogP contribution is 2.21. The van der Waals surface area contributed by atoms with Gasteiger partial charge in [-0.05, 0) is 12.8 Å². The van der Waals surface area contributed by atoms with Gasteiger partial charge in [0.25, 0.3) is 5.69 Å². The lowest BCUT2D eigenvalue weighted by Crippen LogP contribution is -3.00. The Morgan fingerprint density at radius 2 is 1.93 bits per heavy atom. The summed E-state index contributed by atoms with van der Waals surface area (Å²) in [7, 11) is 0. The van der Waals surface area contributed by atoms with Gasteiger partial charge in [-0.3, -0.25) is 14.9 Å². The van der Waals surface area contributed by atoms with Crippen molar-refractivity contribution in [3.63, 3.8) is 0 Å². The van der Waals surface area contributed by atoms with Crippen LogP contribution in [0.5, 0.6) is 0 Å². The summed E-state index contributed by atoms with van der Waals surface area (Å²) in [6.07, 6.45) is 8.08. The van der Waals surface area contributed by atoms with E-state index in [1.165, 1.54) is 24.6 Å². The zero-order valence-electron chi connectivity index (χ0n) is 15.7. The molecule has 0 spiro atoms. The molecule has 4 rings (SSSR count). The largest absolute Gasteiger partial charge is 1.00 e. The molecule has 1 aliphatic rings. The minimum Gasteiger partial charge on any atom is -1.00 e. The van der Waals surface area contributed by atoms with Crippen LogP contribution in [-0.4, -0.2) is 25.5 Å². The number of halogens is 1. The maximum atomic E-state index is 12.5. The van der Waals surface area contributed by atoms with E-state index in [0.717, 1.165) is 43.0 Å². The van der Waals surface area contributed by atoms with Crippen LogP contribution in [0.25, 0.3) is 11.4 Å². The summed E-state index contributed by atoms with van der Waals surface area (Å²) in [5.41, 5.74) is 1.20. The van der Waals surface area contributed by atoms with Gasteiger partial charge >= 0.3 is 0 Å². The van der Waals surface area contributed by atoms with Crippen LogP contribution in [0.3, 0.4) is 0 Å². The van der Waals surface area contributed by atoms with Crippen LogP contribution < -0.4 is 21.5 Å². The second-order valence-corrected chi connectivity index (χ2v) is 6.89. The highest BCUT2D eigenvalue weighted by atomic mass is 79.9. The molecule has 0 fully saturated rings. The van der Waals surface area contributed by atoms with Gasteiger partial charge < -0.3 is 21.5 Å². The van der Waals surface area contributed by atoms with Crippen molar-refractivity contribution >= 4 is 11.5 Å². The Hall–Kier alpha value is -2.94. The maximum absolute atomic E-state index is 12.5. The number of carbonyl (C=O) groups is 1. The Morgan fingerprint density at radius 3 is 2.69 bits per heavy atom. The van der Waals surface area contributed by atoms with Crippen molar-refractivity contribution < 1.29 is 31.3 Å². The summed E-state index contributed by atoms with van der Waals surface area (Å²) in [5, 5.41) is 19.6. The van der Waals surface area contributed by atoms with E-state index in [0.29, 0.717) is 5.56 Å². The van der Waals surface area contributed by atoms with E-state index in [2.05, 4.69) is 14.8 Å². The molecular formula is C20H20BrN5O3. The first kappa shape index (κ1) is 20.8. The van der Waals surface area contributed by atoms with Crippen LogP contribution in [0.15, 0.2) is 48.8 Å². The summed E-state index contributed by atoms with van der Waals surface area (Å²) in [6, 6.07) is 9.64. The van der Waals surface area contributed by atoms with E-state index < -0.39 is 4.92 Å². The van der Waals surface area contributed by atoms with Crippen molar-refractivity contribution in [3.8, 4) is 11.4 Å². The van der Waals surface area contributed by atoms with E-state index in [-0.39, 0.29) is 35.0 Å². The molecule has 0 unspecified atom stereocenters. The maximum Gasteiger partial charge on any atom is 0.270 e. The van der Waals surface area contributed by atoms with Gasteiger partial charge in [0, 0.05) is 48.4 Å². The van der Waals surface area contributed by atoms with Crippen molar-refractivity contribution in [1.29, 1.82) is 0 Å². The Balaban J connectivity index is 0.00000240. The Bertz CT molecular complexity index is 1030. The molecule has 1 aliphatic heterocycles. The number of hydrogen-bond donors (Lipinski definition) is 0. The number of nitrogens with zero attached hydrogens (tertiary/aromatic N) is 5. The number of ketones is 1. The predicted molar refractivity (Wildman–Crippen MR) is 101 cm³/mol. The number of benzene rings is 1. The van der Waals surface area contributed by atoms with E-state index >= 15 is 0 Å². The fourth-order valence-corrected chi connectivity index (χ4v) is 3.46. The topological polar surface area (TPSA) is 94.8 Å². The summed E-state index contributed by atoms with van der Waals surface area (Å²) >= 11 is 0. The van der Waals surface area contributed by atoms with Crippen LogP contribution in [0.2, 0.25) is 0 Å². The van der Waals surface area contributed by atoms with Gasteiger partial charge in [0.1, 0.15) is 5.82 Å². The predicted octanol–water partition coefficient (Wildman–Crippen LogP) is -0.246. The smallest absolute Gasteiger partial charge is 0.270 e. The number of Topliss-reactive ketones (excluding diaryl/α,β-unsaturated/α-hetero) is 1. The van der Waals surface area contributed by atoms with Crippen molar-refractivity contribution in [2.24, 2.45) is 0 Å². The van der Waals surface area contributed by atoms with Crippen molar-refractivity contribution in [2.45, 2.75) is 38.8 Å². The number of aromatic nitrogens is 4. The molecule has 9 heteroatoms. The van der Waals surface area contributed by atoms with Gasteiger partial charge in [-0.1, -0.05) is 18.6 Å². The number of aryl methyl sites for hydroxylation is 1. The summed E-state index contributed by atoms with van der Waals surface area (Å²) in [4.78, 5) is 22.8. The second kappa shape index (κ2) is 9.04. The Kier molecular flexibility index (Phi) is 6.48. The van der Waals surface area contributed by atoms with Crippen LogP contribution in [-0.2, 0) is 19.5 Å². The molecule has 0 amide bonds. The van der Waals surface area contributed by atoms with E-state index in [9.17, 15) is 14.9 Å². The third-order valence-electron chi connectivity index (χ3n) is 4.96. The minimum atomic E-state index is -0.500. The molecular weight excluding hydrogens is 438 g/mol. The Morgan fingerprint density at radius 1 is 1.14 bits per heavy atom. The fourth-order valence-electron chi connectivity index (χ4n) is 3.46. The van der Waals surface area contributed by atoms with Crippen molar-refractivity contribution in [2.75, 3.05) is 0 Å². The van der Waals surface area contributed by atoms with Gasteiger partial charge in [-0.25, -0.2) is 0 Å². The molecule has 0 bridgehead atoms. The minimum absolute atomic E-state index is 0. The molecule has 29 heavy (non-hydrogen) atoms. The van der Waals surface area contributed by atoms with Gasteiger partial charge in [0.2, 0.25) is 12.3 Å². The molecule has 0 aliphatic carbocycles. The lowest BCUT2D eigenvalue weighted by Gasteiger charge is -2.06. The van der Waals surface area contributed by atoms with Crippen molar-refractivity contribution in [3.05, 3.63) is 70.3 Å². The lowest BCUT2D eigenvalue weighted by molar-refractivity contribution is -0.683. The number of nitro benzene ring substituents is 1. The molecule has 8 nitrogen and oxygen atoms in total. The van der Waals surface area contributed by atoms with Gasteiger partial charge in [0.15, 0.2) is 18.2 Å². The van der Waals surface area contributed by atoms with Crippen LogP contribution in [0, 0.1) is 10.1 Å². The van der Waals surface area contributed by atoms with E-state index in [4.69, 9.17) is 0 Å². The first-order valence-electron chi connectivity index (χ1n) is 9.31. The molecule has 0 saturated heterocycles. The first-order chi connectivity index (χ1) is 13.6. The quantitative estimate of drug-likeness (QED) is 0.228. The lowest BCUT2D eigenvalue weighted by atomic mass is 10.1. The monoisotopic (exact) mass is 457 g/mol. The zero-order valence-corrected chi connectivity index (χ0v) is 17.3. The molecule has 150 valence electrons. The SMILES string of the molecule is O=C(C[n+]1ccc(-c2nnc3n2CCCCC3)cc1)c1cccc([N+](=O)[O-])c1.[Br-]. The van der Waals surface area contributed by atoms with Gasteiger partial charge in [0.05, 0.1) is 4.92 Å². The average Bonchev–Trinajstić information content (AvgIpc) is 2.96. The molecule has 2 aromatic heterocycles. The summed E-state index contributed by atoms with van der Waals surface area (Å²) in [6.45, 7) is 1.04. The molecule has 3 aromatic rings. The number of non-ortho nitro benzene ring substituents is 1. The second-order valence-electron chi connectivity index (χ2n) is 6.89. The fraction of sp³-hybridized carbons (Fsp3) is 0.300. The molecule has 1 aromatic carbocycles. The number of nitro groups is 1. The molecule has 0 atom stereocenters. The number of hydrogen-bond acceptors (Lipinski definition) is 5. The summed E-state index contributed by atoms with van der Waals surface area (Å²) in [5.74, 6) is 1.71. The average molecular weight is 458 g/mol. The number of pyridine rings is 1. The highest BCUT2D eigenvalue weighted by Gasteiger charge is 2.18. The van der Waals surface area contributed by atoms with Crippen LogP contribution >= 0.6 is 0 Å². The van der Waals surface area contributed by atoms with Crippen LogP contribution in [0.4, 0.5) is 5.69 Å². The van der Waals surface area contributed by atoms with E-state index in [1.54, 1.807) is 10.6 Å². The molecule has 3 heterocycles. The zero-order chi connectivity index (χ0) is 19.5. The van der Waals surface area contributed by atoms with Gasteiger partial charge in [-0.15, -0.1) is 10.2 Å². The standard InChI is InChI=1S/C20H20N5O3.BrH/c26-18(16-5-4-6-17(13-16)25(27)28)14-23-11-8-15(9-12-23)20-22-21-19-7-2-1-3-10-24(19)20;/h4-6,8-9,11-13H,1-3,7,10,14H2;1H/q+1;/p-1. The first-order valence-corrected chi connectivity index (χ1v) is 9.31. The number of rotatable bonds is 5. The normalized spacial score (nSPS) is 13.1. The number of fused-ring (bicyclic) bond motifs is 1.